The number of hydrogen-bond donors (Lipinski definition) is 0. The summed E-state index contributed by atoms with van der Waals surface area (Å²) < 4.78 is 0. The van der Waals surface area contributed by atoms with Crippen LogP contribution in [0.15, 0.2) is 0 Å². The first kappa shape index (κ1) is 15.2. The van der Waals surface area contributed by atoms with E-state index in [2.05, 4.69) is 4.90 Å². The first-order valence-corrected chi connectivity index (χ1v) is 7.21. The topological polar surface area (TPSA) is 37.4 Å². The largest absolute Gasteiger partial charge is 0.339 e. The zero-order valence-corrected chi connectivity index (χ0v) is 12.1. The Kier molecular flexibility index (Phi) is 5.83. The quantitative estimate of drug-likeness (QED) is 0.516. The van der Waals surface area contributed by atoms with E-state index in [0.717, 1.165) is 44.9 Å². The molecule has 0 radical (unpaired) electrons. The molecule has 0 aromatic heterocycles. The molecule has 1 aliphatic rings. The fourth-order valence-electron chi connectivity index (χ4n) is 2.27. The van der Waals surface area contributed by atoms with Crippen LogP contribution in [0.2, 0.25) is 0 Å². The van der Waals surface area contributed by atoms with E-state index in [1.807, 2.05) is 20.8 Å². The van der Waals surface area contributed by atoms with Crippen LogP contribution >= 0.6 is 0 Å². The van der Waals surface area contributed by atoms with Crippen molar-refractivity contribution in [1.29, 1.82) is 0 Å². The van der Waals surface area contributed by atoms with Crippen LogP contribution in [0, 0.1) is 5.41 Å². The summed E-state index contributed by atoms with van der Waals surface area (Å²) in [5.74, 6) is 0.280. The summed E-state index contributed by atoms with van der Waals surface area (Å²) >= 11 is 0. The van der Waals surface area contributed by atoms with E-state index in [4.69, 9.17) is 0 Å². The number of amides is 1. The normalized spacial score (nSPS) is 16.2. The van der Waals surface area contributed by atoms with Crippen LogP contribution in [0.25, 0.3) is 0 Å². The standard InChI is InChI=1S/C15H27NO2/c1-15(2,3)14(18)16(13-9-8-10-13)11-6-4-5-7-12-17/h12-13H,4-11H2,1-3H3. The number of aldehydes is 1. The maximum atomic E-state index is 12.4. The molecule has 0 aromatic rings. The Morgan fingerprint density at radius 1 is 1.22 bits per heavy atom. The SMILES string of the molecule is CC(C)(C)C(=O)N(CCCCCC=O)C1CCC1. The monoisotopic (exact) mass is 253 g/mol. The Bertz CT molecular complexity index is 277. The summed E-state index contributed by atoms with van der Waals surface area (Å²) in [5, 5.41) is 0. The van der Waals surface area contributed by atoms with Gasteiger partial charge in [0.15, 0.2) is 0 Å². The van der Waals surface area contributed by atoms with Crippen molar-refractivity contribution >= 4 is 12.2 Å². The van der Waals surface area contributed by atoms with Crippen molar-refractivity contribution < 1.29 is 9.59 Å². The van der Waals surface area contributed by atoms with Crippen molar-refractivity contribution in [3.8, 4) is 0 Å². The smallest absolute Gasteiger partial charge is 0.228 e. The lowest BCUT2D eigenvalue weighted by molar-refractivity contribution is -0.143. The molecule has 1 amide bonds. The lowest BCUT2D eigenvalue weighted by Crippen LogP contribution is -2.49. The van der Waals surface area contributed by atoms with Crippen molar-refractivity contribution in [2.75, 3.05) is 6.54 Å². The maximum Gasteiger partial charge on any atom is 0.228 e. The first-order valence-electron chi connectivity index (χ1n) is 7.21. The van der Waals surface area contributed by atoms with Crippen molar-refractivity contribution in [2.24, 2.45) is 5.41 Å². The Morgan fingerprint density at radius 2 is 1.89 bits per heavy atom. The zero-order valence-electron chi connectivity index (χ0n) is 12.1. The second-order valence-corrected chi connectivity index (χ2v) is 6.35. The highest BCUT2D eigenvalue weighted by Crippen LogP contribution is 2.29. The molecule has 0 spiro atoms. The summed E-state index contributed by atoms with van der Waals surface area (Å²) in [5.41, 5.74) is -0.279. The molecule has 3 heteroatoms. The molecule has 0 aliphatic heterocycles. The minimum atomic E-state index is -0.279. The first-order chi connectivity index (χ1) is 8.46. The summed E-state index contributed by atoms with van der Waals surface area (Å²) in [6.07, 6.45) is 8.22. The van der Waals surface area contributed by atoms with Gasteiger partial charge in [0.2, 0.25) is 5.91 Å². The maximum absolute atomic E-state index is 12.4. The predicted octanol–water partition coefficient (Wildman–Crippen LogP) is 3.17. The van der Waals surface area contributed by atoms with Gasteiger partial charge in [-0.1, -0.05) is 27.2 Å². The highest BCUT2D eigenvalue weighted by molar-refractivity contribution is 5.81. The lowest BCUT2D eigenvalue weighted by atomic mass is 9.87. The summed E-state index contributed by atoms with van der Waals surface area (Å²) in [6, 6.07) is 0.475. The zero-order chi connectivity index (χ0) is 13.6. The van der Waals surface area contributed by atoms with E-state index in [0.29, 0.717) is 12.5 Å². The molecule has 0 atom stereocenters. The average Bonchev–Trinajstić information content (AvgIpc) is 2.22. The number of carbonyl (C=O) groups is 2. The Morgan fingerprint density at radius 3 is 2.33 bits per heavy atom. The Labute approximate surface area is 111 Å². The number of nitrogens with zero attached hydrogens (tertiary/aromatic N) is 1. The lowest BCUT2D eigenvalue weighted by Gasteiger charge is -2.40. The van der Waals surface area contributed by atoms with Crippen LogP contribution in [-0.2, 0) is 9.59 Å². The summed E-state index contributed by atoms with van der Waals surface area (Å²) in [7, 11) is 0. The molecule has 0 heterocycles. The third-order valence-corrected chi connectivity index (χ3v) is 3.64. The Balaban J connectivity index is 2.41. The molecule has 0 aromatic carbocycles. The van der Waals surface area contributed by atoms with Gasteiger partial charge in [-0.2, -0.15) is 0 Å². The Hall–Kier alpha value is -0.860. The van der Waals surface area contributed by atoms with Gasteiger partial charge < -0.3 is 9.69 Å². The van der Waals surface area contributed by atoms with Crippen LogP contribution < -0.4 is 0 Å². The molecule has 1 rings (SSSR count). The third kappa shape index (κ3) is 4.43. The number of hydrogen-bond acceptors (Lipinski definition) is 2. The van der Waals surface area contributed by atoms with E-state index in [1.54, 1.807) is 0 Å². The van der Waals surface area contributed by atoms with Gasteiger partial charge in [0.25, 0.3) is 0 Å². The molecule has 1 fully saturated rings. The fourth-order valence-corrected chi connectivity index (χ4v) is 2.27. The molecule has 0 saturated heterocycles. The van der Waals surface area contributed by atoms with E-state index in [1.165, 1.54) is 6.42 Å². The van der Waals surface area contributed by atoms with E-state index >= 15 is 0 Å². The number of rotatable bonds is 7. The van der Waals surface area contributed by atoms with Crippen LogP contribution in [0.5, 0.6) is 0 Å². The van der Waals surface area contributed by atoms with Gasteiger partial charge in [-0.25, -0.2) is 0 Å². The van der Waals surface area contributed by atoms with Gasteiger partial charge in [-0.05, 0) is 32.1 Å². The van der Waals surface area contributed by atoms with Crippen LogP contribution in [0.4, 0.5) is 0 Å². The highest BCUT2D eigenvalue weighted by Gasteiger charge is 2.34. The van der Waals surface area contributed by atoms with Crippen molar-refractivity contribution in [1.82, 2.24) is 4.90 Å². The van der Waals surface area contributed by atoms with E-state index in [-0.39, 0.29) is 11.3 Å². The summed E-state index contributed by atoms with van der Waals surface area (Å²) in [4.78, 5) is 24.7. The van der Waals surface area contributed by atoms with Crippen molar-refractivity contribution in [3.63, 3.8) is 0 Å². The molecule has 18 heavy (non-hydrogen) atoms. The minimum absolute atomic E-state index is 0.279. The van der Waals surface area contributed by atoms with Gasteiger partial charge in [0.05, 0.1) is 0 Å². The van der Waals surface area contributed by atoms with E-state index < -0.39 is 0 Å². The molecular weight excluding hydrogens is 226 g/mol. The van der Waals surface area contributed by atoms with E-state index in [9.17, 15) is 9.59 Å². The number of unbranched alkanes of at least 4 members (excludes halogenated alkanes) is 3. The van der Waals surface area contributed by atoms with Gasteiger partial charge in [0, 0.05) is 24.4 Å². The summed E-state index contributed by atoms with van der Waals surface area (Å²) in [6.45, 7) is 6.84. The van der Waals surface area contributed by atoms with Crippen LogP contribution in [0.1, 0.15) is 65.7 Å². The molecule has 0 bridgehead atoms. The molecular formula is C15H27NO2. The van der Waals surface area contributed by atoms with Crippen molar-refractivity contribution in [3.05, 3.63) is 0 Å². The predicted molar refractivity (Wildman–Crippen MR) is 73.3 cm³/mol. The van der Waals surface area contributed by atoms with Gasteiger partial charge in [0.1, 0.15) is 6.29 Å². The van der Waals surface area contributed by atoms with Crippen LogP contribution in [0.3, 0.4) is 0 Å². The molecule has 3 nitrogen and oxygen atoms in total. The van der Waals surface area contributed by atoms with Gasteiger partial charge >= 0.3 is 0 Å². The molecule has 1 saturated carbocycles. The second-order valence-electron chi connectivity index (χ2n) is 6.35. The second kappa shape index (κ2) is 6.91. The molecule has 0 N–H and O–H groups in total. The highest BCUT2D eigenvalue weighted by atomic mass is 16.2. The molecule has 104 valence electrons. The number of carbonyl (C=O) groups excluding carboxylic acids is 2. The molecule has 0 unspecified atom stereocenters. The fraction of sp³-hybridized carbons (Fsp3) is 0.867. The van der Waals surface area contributed by atoms with Gasteiger partial charge in [-0.3, -0.25) is 4.79 Å². The third-order valence-electron chi connectivity index (χ3n) is 3.64. The van der Waals surface area contributed by atoms with Crippen molar-refractivity contribution in [2.45, 2.75) is 71.8 Å². The van der Waals surface area contributed by atoms with Crippen LogP contribution in [-0.4, -0.2) is 29.7 Å². The van der Waals surface area contributed by atoms with Gasteiger partial charge in [-0.15, -0.1) is 0 Å². The molecule has 1 aliphatic carbocycles. The minimum Gasteiger partial charge on any atom is -0.339 e. The average molecular weight is 253 g/mol.